The average Bonchev–Trinajstić information content (AvgIpc) is 2.43. The Labute approximate surface area is 115 Å². The predicted molar refractivity (Wildman–Crippen MR) is 76.4 cm³/mol. The summed E-state index contributed by atoms with van der Waals surface area (Å²) in [7, 11) is 1.57. The van der Waals surface area contributed by atoms with Crippen LogP contribution >= 0.6 is 0 Å². The largest absolute Gasteiger partial charge is 0.504 e. The van der Waals surface area contributed by atoms with Crippen LogP contribution in [-0.2, 0) is 0 Å². The maximum atomic E-state index is 9.66. The van der Waals surface area contributed by atoms with Crippen LogP contribution in [0.5, 0.6) is 11.5 Å². The first-order valence-electron chi connectivity index (χ1n) is 6.96. The van der Waals surface area contributed by atoms with Gasteiger partial charge in [-0.2, -0.15) is 0 Å². The zero-order valence-electron chi connectivity index (χ0n) is 11.8. The van der Waals surface area contributed by atoms with Crippen LogP contribution in [0.15, 0.2) is 18.2 Å². The molecule has 0 saturated carbocycles. The van der Waals surface area contributed by atoms with E-state index in [2.05, 4.69) is 11.8 Å². The Bertz CT molecular complexity index is 415. The lowest BCUT2D eigenvalue weighted by Crippen LogP contribution is -2.39. The van der Waals surface area contributed by atoms with Gasteiger partial charge in [0.05, 0.1) is 7.11 Å². The van der Waals surface area contributed by atoms with Crippen LogP contribution in [0.1, 0.15) is 31.4 Å². The fraction of sp³-hybridized carbons (Fsp3) is 0.600. The van der Waals surface area contributed by atoms with Crippen LogP contribution in [0.3, 0.4) is 0 Å². The summed E-state index contributed by atoms with van der Waals surface area (Å²) in [6, 6.07) is 5.73. The number of nitrogens with two attached hydrogens (primary N) is 1. The van der Waals surface area contributed by atoms with Crippen molar-refractivity contribution < 1.29 is 9.84 Å². The molecule has 1 aliphatic heterocycles. The van der Waals surface area contributed by atoms with E-state index in [0.29, 0.717) is 12.3 Å². The monoisotopic (exact) mass is 264 g/mol. The van der Waals surface area contributed by atoms with E-state index in [9.17, 15) is 5.11 Å². The molecule has 0 aliphatic carbocycles. The van der Waals surface area contributed by atoms with Gasteiger partial charge in [-0.25, -0.2) is 0 Å². The molecular formula is C15H24N2O2. The van der Waals surface area contributed by atoms with Gasteiger partial charge in [-0.15, -0.1) is 0 Å². The SMILES string of the molecule is COc1cc(C(CN)N2CCC(C)CC2)ccc1O. The third-order valence-electron chi connectivity index (χ3n) is 4.07. The fourth-order valence-electron chi connectivity index (χ4n) is 2.74. The van der Waals surface area contributed by atoms with Crippen LogP contribution < -0.4 is 10.5 Å². The first-order chi connectivity index (χ1) is 9.15. The van der Waals surface area contributed by atoms with Crippen molar-refractivity contribution in [2.24, 2.45) is 11.7 Å². The van der Waals surface area contributed by atoms with Crippen molar-refractivity contribution in [2.45, 2.75) is 25.8 Å². The van der Waals surface area contributed by atoms with E-state index in [4.69, 9.17) is 10.5 Å². The van der Waals surface area contributed by atoms with Crippen molar-refractivity contribution >= 4 is 0 Å². The van der Waals surface area contributed by atoms with Gasteiger partial charge in [0.2, 0.25) is 0 Å². The van der Waals surface area contributed by atoms with Crippen molar-refractivity contribution in [2.75, 3.05) is 26.7 Å². The van der Waals surface area contributed by atoms with Gasteiger partial charge in [-0.1, -0.05) is 13.0 Å². The second-order valence-electron chi connectivity index (χ2n) is 5.40. The van der Waals surface area contributed by atoms with Gasteiger partial charge in [0.1, 0.15) is 0 Å². The predicted octanol–water partition coefficient (Wildman–Crippen LogP) is 2.13. The van der Waals surface area contributed by atoms with E-state index >= 15 is 0 Å². The number of nitrogens with zero attached hydrogens (tertiary/aromatic N) is 1. The van der Waals surface area contributed by atoms with Gasteiger partial charge >= 0.3 is 0 Å². The van der Waals surface area contributed by atoms with E-state index in [-0.39, 0.29) is 11.8 Å². The number of aromatic hydroxyl groups is 1. The Morgan fingerprint density at radius 2 is 2.11 bits per heavy atom. The molecule has 0 spiro atoms. The molecule has 1 aromatic rings. The molecule has 0 bridgehead atoms. The topological polar surface area (TPSA) is 58.7 Å². The van der Waals surface area contributed by atoms with Crippen LogP contribution in [0.2, 0.25) is 0 Å². The molecule has 3 N–H and O–H groups in total. The Kier molecular flexibility index (Phi) is 4.66. The first-order valence-corrected chi connectivity index (χ1v) is 6.96. The molecule has 0 amide bonds. The van der Waals surface area contributed by atoms with Crippen LogP contribution in [0, 0.1) is 5.92 Å². The lowest BCUT2D eigenvalue weighted by molar-refractivity contribution is 0.141. The highest BCUT2D eigenvalue weighted by atomic mass is 16.5. The molecule has 1 atom stereocenters. The van der Waals surface area contributed by atoms with Crippen molar-refractivity contribution in [3.63, 3.8) is 0 Å². The minimum Gasteiger partial charge on any atom is -0.504 e. The number of likely N-dealkylation sites (tertiary alicyclic amines) is 1. The van der Waals surface area contributed by atoms with Gasteiger partial charge in [0.25, 0.3) is 0 Å². The summed E-state index contributed by atoms with van der Waals surface area (Å²) < 4.78 is 5.18. The van der Waals surface area contributed by atoms with E-state index < -0.39 is 0 Å². The average molecular weight is 264 g/mol. The van der Waals surface area contributed by atoms with Gasteiger partial charge < -0.3 is 15.6 Å². The standard InChI is InChI=1S/C15H24N2O2/c1-11-5-7-17(8-6-11)13(10-16)12-3-4-14(18)15(9-12)19-2/h3-4,9,11,13,18H,5-8,10,16H2,1-2H3. The zero-order chi connectivity index (χ0) is 13.8. The van der Waals surface area contributed by atoms with Gasteiger partial charge in [0, 0.05) is 12.6 Å². The maximum Gasteiger partial charge on any atom is 0.160 e. The minimum atomic E-state index is 0.175. The molecule has 19 heavy (non-hydrogen) atoms. The number of rotatable bonds is 4. The van der Waals surface area contributed by atoms with E-state index in [1.807, 2.05) is 12.1 Å². The number of methoxy groups -OCH3 is 1. The molecular weight excluding hydrogens is 240 g/mol. The molecule has 1 aromatic carbocycles. The van der Waals surface area contributed by atoms with Gasteiger partial charge in [-0.05, 0) is 49.5 Å². The fourth-order valence-corrected chi connectivity index (χ4v) is 2.74. The summed E-state index contributed by atoms with van der Waals surface area (Å²) in [6.07, 6.45) is 2.46. The van der Waals surface area contributed by atoms with Gasteiger partial charge in [-0.3, -0.25) is 4.90 Å². The normalized spacial score (nSPS) is 19.3. The highest BCUT2D eigenvalue weighted by Crippen LogP contribution is 2.32. The molecule has 0 radical (unpaired) electrons. The quantitative estimate of drug-likeness (QED) is 0.874. The van der Waals surface area contributed by atoms with E-state index in [1.54, 1.807) is 13.2 Å². The van der Waals surface area contributed by atoms with Crippen molar-refractivity contribution in [3.05, 3.63) is 23.8 Å². The molecule has 106 valence electrons. The molecule has 1 fully saturated rings. The smallest absolute Gasteiger partial charge is 0.160 e. The Hall–Kier alpha value is -1.26. The second-order valence-corrected chi connectivity index (χ2v) is 5.40. The molecule has 4 nitrogen and oxygen atoms in total. The number of benzene rings is 1. The Morgan fingerprint density at radius 1 is 1.42 bits per heavy atom. The summed E-state index contributed by atoms with van der Waals surface area (Å²) in [6.45, 7) is 5.07. The summed E-state index contributed by atoms with van der Waals surface area (Å²) in [4.78, 5) is 2.44. The maximum absolute atomic E-state index is 9.66. The summed E-state index contributed by atoms with van der Waals surface area (Å²) in [5.41, 5.74) is 7.07. The Morgan fingerprint density at radius 3 is 2.68 bits per heavy atom. The lowest BCUT2D eigenvalue weighted by atomic mass is 9.95. The minimum absolute atomic E-state index is 0.175. The first kappa shape index (κ1) is 14.2. The third kappa shape index (κ3) is 3.19. The number of hydrogen-bond donors (Lipinski definition) is 2. The number of piperidine rings is 1. The summed E-state index contributed by atoms with van der Waals surface area (Å²) in [5.74, 6) is 1.50. The van der Waals surface area contributed by atoms with Gasteiger partial charge in [0.15, 0.2) is 11.5 Å². The lowest BCUT2D eigenvalue weighted by Gasteiger charge is -2.36. The van der Waals surface area contributed by atoms with Crippen LogP contribution in [0.25, 0.3) is 0 Å². The van der Waals surface area contributed by atoms with Crippen molar-refractivity contribution in [1.82, 2.24) is 4.90 Å². The number of phenols is 1. The second kappa shape index (κ2) is 6.26. The highest BCUT2D eigenvalue weighted by Gasteiger charge is 2.24. The molecule has 4 heteroatoms. The number of ether oxygens (including phenoxy) is 1. The molecule has 1 aliphatic rings. The number of hydrogen-bond acceptors (Lipinski definition) is 4. The van der Waals surface area contributed by atoms with Crippen LogP contribution in [-0.4, -0.2) is 36.8 Å². The molecule has 1 heterocycles. The van der Waals surface area contributed by atoms with E-state index in [1.165, 1.54) is 12.8 Å². The third-order valence-corrected chi connectivity index (χ3v) is 4.07. The molecule has 2 rings (SSSR count). The summed E-state index contributed by atoms with van der Waals surface area (Å²) >= 11 is 0. The van der Waals surface area contributed by atoms with Crippen molar-refractivity contribution in [1.29, 1.82) is 0 Å². The molecule has 1 unspecified atom stereocenters. The number of phenolic OH excluding ortho intramolecular Hbond substituents is 1. The summed E-state index contributed by atoms with van der Waals surface area (Å²) in [5, 5.41) is 9.66. The Balaban J connectivity index is 2.17. The van der Waals surface area contributed by atoms with Crippen LogP contribution in [0.4, 0.5) is 0 Å². The zero-order valence-corrected chi connectivity index (χ0v) is 11.8. The van der Waals surface area contributed by atoms with Crippen molar-refractivity contribution in [3.8, 4) is 11.5 Å². The molecule has 0 aromatic heterocycles. The molecule has 1 saturated heterocycles. The highest BCUT2D eigenvalue weighted by molar-refractivity contribution is 5.42. The van der Waals surface area contributed by atoms with E-state index in [0.717, 1.165) is 24.6 Å².